The molecule has 16 heavy (non-hydrogen) atoms. The van der Waals surface area contributed by atoms with Gasteiger partial charge in [-0.1, -0.05) is 11.8 Å². The zero-order valence-corrected chi connectivity index (χ0v) is 9.46. The van der Waals surface area contributed by atoms with Crippen molar-refractivity contribution in [3.8, 4) is 0 Å². The molecule has 0 bridgehead atoms. The Morgan fingerprint density at radius 1 is 1.69 bits per heavy atom. The van der Waals surface area contributed by atoms with Crippen molar-refractivity contribution in [3.05, 3.63) is 16.4 Å². The zero-order chi connectivity index (χ0) is 11.4. The molecule has 0 aliphatic carbocycles. The third-order valence-corrected chi connectivity index (χ3v) is 3.12. The van der Waals surface area contributed by atoms with Gasteiger partial charge < -0.3 is 20.2 Å². The first kappa shape index (κ1) is 11.4. The average Bonchev–Trinajstić information content (AvgIpc) is 2.27. The molecule has 1 aliphatic heterocycles. The summed E-state index contributed by atoms with van der Waals surface area (Å²) in [5.41, 5.74) is 5.24. The molecule has 88 valence electrons. The van der Waals surface area contributed by atoms with E-state index in [4.69, 9.17) is 15.2 Å². The number of ether oxygens (including phenoxy) is 2. The number of nitrogens with zero attached hydrogens (tertiary/aromatic N) is 1. The fourth-order valence-corrected chi connectivity index (χ4v) is 2.28. The van der Waals surface area contributed by atoms with Crippen LogP contribution in [0.3, 0.4) is 0 Å². The van der Waals surface area contributed by atoms with E-state index in [9.17, 15) is 4.79 Å². The summed E-state index contributed by atoms with van der Waals surface area (Å²) in [5.74, 6) is 0.967. The number of aromatic amines is 1. The van der Waals surface area contributed by atoms with Crippen LogP contribution in [0.5, 0.6) is 0 Å². The molecule has 0 spiro atoms. The highest BCUT2D eigenvalue weighted by atomic mass is 32.2. The molecule has 1 aliphatic rings. The summed E-state index contributed by atoms with van der Waals surface area (Å²) in [7, 11) is 0. The van der Waals surface area contributed by atoms with Crippen LogP contribution in [0.2, 0.25) is 0 Å². The van der Waals surface area contributed by atoms with Crippen LogP contribution in [-0.4, -0.2) is 35.2 Å². The molecule has 1 fully saturated rings. The van der Waals surface area contributed by atoms with Crippen molar-refractivity contribution in [2.45, 2.75) is 17.7 Å². The number of hydrogen-bond donors (Lipinski definition) is 2. The van der Waals surface area contributed by atoms with Crippen LogP contribution in [0.4, 0.5) is 5.82 Å². The highest BCUT2D eigenvalue weighted by molar-refractivity contribution is 7.99. The predicted octanol–water partition coefficient (Wildman–Crippen LogP) is 0.207. The van der Waals surface area contributed by atoms with Crippen LogP contribution in [0.25, 0.3) is 0 Å². The SMILES string of the molecule is Nc1cc(=O)[nH]c(SCC2CCOCO2)n1. The van der Waals surface area contributed by atoms with E-state index in [1.807, 2.05) is 0 Å². The van der Waals surface area contributed by atoms with Gasteiger partial charge in [0.15, 0.2) is 5.16 Å². The molecule has 1 aromatic heterocycles. The van der Waals surface area contributed by atoms with Gasteiger partial charge in [0.1, 0.15) is 12.6 Å². The molecule has 3 N–H and O–H groups in total. The Balaban J connectivity index is 1.90. The Morgan fingerprint density at radius 2 is 2.56 bits per heavy atom. The summed E-state index contributed by atoms with van der Waals surface area (Å²) in [5, 5.41) is 0.528. The molecule has 2 heterocycles. The Hall–Kier alpha value is -1.05. The highest BCUT2D eigenvalue weighted by Crippen LogP contribution is 2.18. The molecule has 7 heteroatoms. The third kappa shape index (κ3) is 3.22. The number of thioether (sulfide) groups is 1. The largest absolute Gasteiger partial charge is 0.383 e. The second-order valence-electron chi connectivity index (χ2n) is 3.39. The normalized spacial score (nSPS) is 20.9. The minimum absolute atomic E-state index is 0.144. The van der Waals surface area contributed by atoms with Gasteiger partial charge in [-0.25, -0.2) is 4.98 Å². The first-order chi connectivity index (χ1) is 7.74. The maximum atomic E-state index is 11.1. The fourth-order valence-electron chi connectivity index (χ4n) is 1.33. The van der Waals surface area contributed by atoms with E-state index >= 15 is 0 Å². The molecule has 0 amide bonds. The molecule has 2 rings (SSSR count). The summed E-state index contributed by atoms with van der Waals surface area (Å²) in [6.45, 7) is 1.05. The smallest absolute Gasteiger partial charge is 0.253 e. The van der Waals surface area contributed by atoms with E-state index in [0.717, 1.165) is 12.2 Å². The fraction of sp³-hybridized carbons (Fsp3) is 0.556. The van der Waals surface area contributed by atoms with Crippen molar-refractivity contribution in [2.75, 3.05) is 24.9 Å². The van der Waals surface area contributed by atoms with Gasteiger partial charge in [-0.2, -0.15) is 0 Å². The van der Waals surface area contributed by atoms with Crippen LogP contribution < -0.4 is 11.3 Å². The minimum Gasteiger partial charge on any atom is -0.383 e. The summed E-state index contributed by atoms with van der Waals surface area (Å²) in [6.07, 6.45) is 1.00. The van der Waals surface area contributed by atoms with Gasteiger partial charge in [0, 0.05) is 11.8 Å². The van der Waals surface area contributed by atoms with Crippen LogP contribution in [0, 0.1) is 0 Å². The van der Waals surface area contributed by atoms with Gasteiger partial charge >= 0.3 is 0 Å². The topological polar surface area (TPSA) is 90.2 Å². The summed E-state index contributed by atoms with van der Waals surface area (Å²) < 4.78 is 10.4. The van der Waals surface area contributed by atoms with E-state index in [-0.39, 0.29) is 17.5 Å². The van der Waals surface area contributed by atoms with E-state index in [1.54, 1.807) is 0 Å². The molecule has 0 radical (unpaired) electrons. The van der Waals surface area contributed by atoms with Gasteiger partial charge in [-0.05, 0) is 6.42 Å². The van der Waals surface area contributed by atoms with Crippen LogP contribution >= 0.6 is 11.8 Å². The van der Waals surface area contributed by atoms with Gasteiger partial charge in [-0.3, -0.25) is 4.79 Å². The Morgan fingerprint density at radius 3 is 3.25 bits per heavy atom. The molecule has 1 atom stereocenters. The summed E-state index contributed by atoms with van der Waals surface area (Å²) in [4.78, 5) is 17.8. The van der Waals surface area contributed by atoms with Gasteiger partial charge in [0.25, 0.3) is 5.56 Å². The van der Waals surface area contributed by atoms with E-state index in [0.29, 0.717) is 18.6 Å². The average molecular weight is 243 g/mol. The molecular weight excluding hydrogens is 230 g/mol. The second-order valence-corrected chi connectivity index (χ2v) is 4.40. The number of H-pyrrole nitrogens is 1. The number of rotatable bonds is 3. The zero-order valence-electron chi connectivity index (χ0n) is 8.64. The molecule has 1 aromatic rings. The number of aromatic nitrogens is 2. The Labute approximate surface area is 96.5 Å². The van der Waals surface area contributed by atoms with Gasteiger partial charge in [-0.15, -0.1) is 0 Å². The number of nitrogens with two attached hydrogens (primary N) is 1. The van der Waals surface area contributed by atoms with Crippen LogP contribution in [-0.2, 0) is 9.47 Å². The van der Waals surface area contributed by atoms with E-state index < -0.39 is 0 Å². The number of nitrogens with one attached hydrogen (secondary N) is 1. The van der Waals surface area contributed by atoms with Crippen molar-refractivity contribution in [3.63, 3.8) is 0 Å². The maximum absolute atomic E-state index is 11.1. The van der Waals surface area contributed by atoms with Gasteiger partial charge in [0.2, 0.25) is 0 Å². The van der Waals surface area contributed by atoms with Crippen LogP contribution in [0.15, 0.2) is 16.0 Å². The highest BCUT2D eigenvalue weighted by Gasteiger charge is 2.14. The summed E-state index contributed by atoms with van der Waals surface area (Å²) >= 11 is 1.43. The number of nitrogen functional groups attached to an aromatic ring is 1. The molecule has 0 aromatic carbocycles. The first-order valence-electron chi connectivity index (χ1n) is 4.93. The van der Waals surface area contributed by atoms with Crippen molar-refractivity contribution < 1.29 is 9.47 Å². The Bertz CT molecular complexity index is 403. The second kappa shape index (κ2) is 5.33. The molecule has 0 saturated carbocycles. The third-order valence-electron chi connectivity index (χ3n) is 2.12. The molecule has 1 saturated heterocycles. The number of anilines is 1. The quantitative estimate of drug-likeness (QED) is 0.582. The van der Waals surface area contributed by atoms with Crippen molar-refractivity contribution >= 4 is 17.6 Å². The van der Waals surface area contributed by atoms with Crippen molar-refractivity contribution in [1.82, 2.24) is 9.97 Å². The summed E-state index contributed by atoms with van der Waals surface area (Å²) in [6, 6.07) is 1.26. The lowest BCUT2D eigenvalue weighted by molar-refractivity contribution is -0.130. The monoisotopic (exact) mass is 243 g/mol. The predicted molar refractivity (Wildman–Crippen MR) is 60.3 cm³/mol. The van der Waals surface area contributed by atoms with E-state index in [1.165, 1.54) is 17.8 Å². The molecular formula is C9H13N3O3S. The van der Waals surface area contributed by atoms with Crippen molar-refractivity contribution in [1.29, 1.82) is 0 Å². The van der Waals surface area contributed by atoms with Crippen molar-refractivity contribution in [2.24, 2.45) is 0 Å². The molecule has 6 nitrogen and oxygen atoms in total. The lowest BCUT2D eigenvalue weighted by Gasteiger charge is -2.21. The van der Waals surface area contributed by atoms with Crippen LogP contribution in [0.1, 0.15) is 6.42 Å². The molecule has 1 unspecified atom stereocenters. The Kier molecular flexibility index (Phi) is 3.81. The minimum atomic E-state index is -0.233. The maximum Gasteiger partial charge on any atom is 0.253 e. The lowest BCUT2D eigenvalue weighted by atomic mass is 10.3. The van der Waals surface area contributed by atoms with E-state index in [2.05, 4.69) is 9.97 Å². The van der Waals surface area contributed by atoms with Gasteiger partial charge in [0.05, 0.1) is 12.7 Å². The lowest BCUT2D eigenvalue weighted by Crippen LogP contribution is -2.25. The first-order valence-corrected chi connectivity index (χ1v) is 5.91. The standard InChI is InChI=1S/C9H13N3O3S/c10-7-3-8(13)12-9(11-7)16-4-6-1-2-14-5-15-6/h3,6H,1-2,4-5H2,(H3,10,11,12,13). The number of hydrogen-bond acceptors (Lipinski definition) is 6.